The fraction of sp³-hybridized carbons (Fsp3) is 0.0476. The summed E-state index contributed by atoms with van der Waals surface area (Å²) in [5.41, 5.74) is 0.844. The lowest BCUT2D eigenvalue weighted by molar-refractivity contribution is -0.384. The van der Waals surface area contributed by atoms with Gasteiger partial charge in [-0.3, -0.25) is 14.9 Å². The molecule has 146 valence electrons. The lowest BCUT2D eigenvalue weighted by Crippen LogP contribution is -2.22. The molecule has 3 aromatic carbocycles. The molecule has 0 fully saturated rings. The van der Waals surface area contributed by atoms with Crippen molar-refractivity contribution in [3.8, 4) is 5.75 Å². The van der Waals surface area contributed by atoms with Crippen LogP contribution in [0.3, 0.4) is 0 Å². The second kappa shape index (κ2) is 8.99. The van der Waals surface area contributed by atoms with Gasteiger partial charge < -0.3 is 10.1 Å². The number of nitrogens with zero attached hydrogens (tertiary/aromatic N) is 1. The Bertz CT molecular complexity index is 1070. The van der Waals surface area contributed by atoms with E-state index in [9.17, 15) is 19.7 Å². The number of nitro benzene ring substituents is 1. The van der Waals surface area contributed by atoms with Crippen molar-refractivity contribution in [3.05, 3.63) is 105 Å². The van der Waals surface area contributed by atoms with Crippen LogP contribution in [-0.4, -0.2) is 16.8 Å². The number of benzene rings is 3. The van der Waals surface area contributed by atoms with Crippen molar-refractivity contribution in [1.82, 2.24) is 5.32 Å². The van der Waals surface area contributed by atoms with Crippen LogP contribution in [0, 0.1) is 10.1 Å². The Morgan fingerprint density at radius 3 is 2.45 bits per heavy atom. The lowest BCUT2D eigenvalue weighted by Gasteiger charge is -2.08. The number of ether oxygens (including phenoxy) is 1. The highest BCUT2D eigenvalue weighted by atomic mass is 35.5. The van der Waals surface area contributed by atoms with Crippen LogP contribution in [-0.2, 0) is 6.54 Å². The minimum atomic E-state index is -0.799. The van der Waals surface area contributed by atoms with E-state index in [4.69, 9.17) is 16.3 Å². The highest BCUT2D eigenvalue weighted by Gasteiger charge is 2.18. The third kappa shape index (κ3) is 5.18. The number of carbonyl (C=O) groups is 2. The maximum absolute atomic E-state index is 12.3. The van der Waals surface area contributed by atoms with Crippen LogP contribution in [0.2, 0.25) is 5.02 Å². The molecular weight excluding hydrogens is 396 g/mol. The van der Waals surface area contributed by atoms with Gasteiger partial charge in [0.1, 0.15) is 10.8 Å². The van der Waals surface area contributed by atoms with Gasteiger partial charge in [0.2, 0.25) is 0 Å². The van der Waals surface area contributed by atoms with Gasteiger partial charge in [-0.2, -0.15) is 0 Å². The topological polar surface area (TPSA) is 98.5 Å². The summed E-state index contributed by atoms with van der Waals surface area (Å²) in [7, 11) is 0. The van der Waals surface area contributed by atoms with E-state index < -0.39 is 16.6 Å². The molecule has 0 saturated heterocycles. The van der Waals surface area contributed by atoms with E-state index in [2.05, 4.69) is 5.32 Å². The average molecular weight is 411 g/mol. The van der Waals surface area contributed by atoms with Gasteiger partial charge in [0, 0.05) is 18.2 Å². The van der Waals surface area contributed by atoms with Gasteiger partial charge in [-0.05, 0) is 35.9 Å². The van der Waals surface area contributed by atoms with Crippen LogP contribution in [0.15, 0.2) is 72.8 Å². The number of rotatable bonds is 6. The minimum Gasteiger partial charge on any atom is -0.423 e. The summed E-state index contributed by atoms with van der Waals surface area (Å²) in [5.74, 6) is -0.986. The fourth-order valence-electron chi connectivity index (χ4n) is 2.53. The van der Waals surface area contributed by atoms with Gasteiger partial charge in [0.15, 0.2) is 0 Å². The van der Waals surface area contributed by atoms with Crippen LogP contribution in [0.4, 0.5) is 5.69 Å². The summed E-state index contributed by atoms with van der Waals surface area (Å²) in [6.45, 7) is 0.359. The van der Waals surface area contributed by atoms with Gasteiger partial charge in [0.05, 0.1) is 10.5 Å². The molecular formula is C21H15ClN2O5. The Kier molecular flexibility index (Phi) is 6.21. The first-order valence-corrected chi connectivity index (χ1v) is 8.90. The fourth-order valence-corrected chi connectivity index (χ4v) is 2.71. The third-order valence-corrected chi connectivity index (χ3v) is 4.30. The molecule has 0 atom stereocenters. The van der Waals surface area contributed by atoms with Crippen molar-refractivity contribution in [3.63, 3.8) is 0 Å². The second-order valence-corrected chi connectivity index (χ2v) is 6.42. The quantitative estimate of drug-likeness (QED) is 0.281. The molecule has 8 heteroatoms. The number of nitrogens with one attached hydrogen (secondary N) is 1. The molecule has 3 rings (SSSR count). The molecule has 0 saturated carbocycles. The summed E-state index contributed by atoms with van der Waals surface area (Å²) in [4.78, 5) is 34.9. The molecule has 29 heavy (non-hydrogen) atoms. The summed E-state index contributed by atoms with van der Waals surface area (Å²) in [6, 6.07) is 19.1. The number of nitro groups is 1. The van der Waals surface area contributed by atoms with E-state index in [1.165, 1.54) is 24.3 Å². The first kappa shape index (κ1) is 20.0. The Morgan fingerprint density at radius 2 is 1.72 bits per heavy atom. The summed E-state index contributed by atoms with van der Waals surface area (Å²) in [6.07, 6.45) is 0. The lowest BCUT2D eigenvalue weighted by atomic mass is 10.1. The summed E-state index contributed by atoms with van der Waals surface area (Å²) in [5, 5.41) is 13.7. The highest BCUT2D eigenvalue weighted by Crippen LogP contribution is 2.26. The van der Waals surface area contributed by atoms with Crippen molar-refractivity contribution >= 4 is 29.2 Å². The Hall–Kier alpha value is -3.71. The number of carbonyl (C=O) groups excluding carboxylic acids is 2. The summed E-state index contributed by atoms with van der Waals surface area (Å²) < 4.78 is 5.24. The molecule has 0 radical (unpaired) electrons. The van der Waals surface area contributed by atoms with Crippen molar-refractivity contribution < 1.29 is 19.2 Å². The van der Waals surface area contributed by atoms with Crippen LogP contribution >= 0.6 is 11.6 Å². The van der Waals surface area contributed by atoms with Gasteiger partial charge in [-0.15, -0.1) is 0 Å². The van der Waals surface area contributed by atoms with Crippen molar-refractivity contribution in [2.75, 3.05) is 0 Å². The van der Waals surface area contributed by atoms with Crippen LogP contribution in [0.25, 0.3) is 0 Å². The molecule has 7 nitrogen and oxygen atoms in total. The first-order valence-electron chi connectivity index (χ1n) is 8.52. The average Bonchev–Trinajstić information content (AvgIpc) is 2.73. The molecule has 0 unspecified atom stereocenters. The van der Waals surface area contributed by atoms with Crippen molar-refractivity contribution in [2.24, 2.45) is 0 Å². The Labute approximate surface area is 171 Å². The maximum atomic E-state index is 12.3. The largest absolute Gasteiger partial charge is 0.423 e. The number of esters is 1. The molecule has 0 aliphatic rings. The monoisotopic (exact) mass is 410 g/mol. The van der Waals surface area contributed by atoms with E-state index in [-0.39, 0.29) is 22.2 Å². The zero-order valence-electron chi connectivity index (χ0n) is 15.0. The molecule has 0 aromatic heterocycles. The van der Waals surface area contributed by atoms with Crippen molar-refractivity contribution in [1.29, 1.82) is 0 Å². The van der Waals surface area contributed by atoms with Crippen LogP contribution in [0.5, 0.6) is 5.75 Å². The maximum Gasteiger partial charge on any atom is 0.343 e. The third-order valence-electron chi connectivity index (χ3n) is 3.98. The minimum absolute atomic E-state index is 0.0277. The first-order chi connectivity index (χ1) is 13.9. The highest BCUT2D eigenvalue weighted by molar-refractivity contribution is 6.32. The molecule has 0 heterocycles. The van der Waals surface area contributed by atoms with Gasteiger partial charge in [0.25, 0.3) is 11.6 Å². The van der Waals surface area contributed by atoms with E-state index in [0.717, 1.165) is 11.6 Å². The SMILES string of the molecule is O=C(NCc1ccccc1)c1cccc(OC(=O)c2ccc(Cl)c([N+](=O)[O-])c2)c1. The molecule has 1 N–H and O–H groups in total. The molecule has 0 spiro atoms. The standard InChI is InChI=1S/C21H15ClN2O5/c22-18-10-9-16(12-19(18)24(27)28)21(26)29-17-8-4-7-15(11-17)20(25)23-13-14-5-2-1-3-6-14/h1-12H,13H2,(H,23,25). The van der Waals surface area contributed by atoms with E-state index >= 15 is 0 Å². The smallest absolute Gasteiger partial charge is 0.343 e. The van der Waals surface area contributed by atoms with Gasteiger partial charge in [-0.1, -0.05) is 48.0 Å². The van der Waals surface area contributed by atoms with Crippen LogP contribution in [0.1, 0.15) is 26.3 Å². The van der Waals surface area contributed by atoms with E-state index in [1.54, 1.807) is 12.1 Å². The zero-order valence-corrected chi connectivity index (χ0v) is 15.8. The molecule has 0 aliphatic carbocycles. The number of amides is 1. The van der Waals surface area contributed by atoms with E-state index in [1.807, 2.05) is 30.3 Å². The summed E-state index contributed by atoms with van der Waals surface area (Å²) >= 11 is 5.75. The zero-order chi connectivity index (χ0) is 20.8. The second-order valence-electron chi connectivity index (χ2n) is 6.01. The molecule has 1 amide bonds. The van der Waals surface area contributed by atoms with Crippen molar-refractivity contribution in [2.45, 2.75) is 6.54 Å². The Balaban J connectivity index is 1.69. The van der Waals surface area contributed by atoms with E-state index in [0.29, 0.717) is 12.1 Å². The predicted octanol–water partition coefficient (Wildman–Crippen LogP) is 4.40. The Morgan fingerprint density at radius 1 is 0.966 bits per heavy atom. The number of halogens is 1. The molecule has 0 bridgehead atoms. The predicted molar refractivity (Wildman–Crippen MR) is 107 cm³/mol. The number of hydrogen-bond donors (Lipinski definition) is 1. The molecule has 0 aliphatic heterocycles. The molecule has 3 aromatic rings. The normalized spacial score (nSPS) is 10.2. The number of hydrogen-bond acceptors (Lipinski definition) is 5. The van der Waals surface area contributed by atoms with Crippen LogP contribution < -0.4 is 10.1 Å². The van der Waals surface area contributed by atoms with Gasteiger partial charge >= 0.3 is 5.97 Å². The van der Waals surface area contributed by atoms with Gasteiger partial charge in [-0.25, -0.2) is 4.79 Å².